The van der Waals surface area contributed by atoms with Crippen LogP contribution < -0.4 is 5.32 Å². The van der Waals surface area contributed by atoms with E-state index in [9.17, 15) is 4.79 Å². The van der Waals surface area contributed by atoms with Crippen molar-refractivity contribution in [1.82, 2.24) is 14.9 Å². The highest BCUT2D eigenvalue weighted by Crippen LogP contribution is 2.24. The summed E-state index contributed by atoms with van der Waals surface area (Å²) in [6, 6.07) is 14.1. The zero-order chi connectivity index (χ0) is 19.4. The van der Waals surface area contributed by atoms with Gasteiger partial charge >= 0.3 is 0 Å². The molecule has 0 saturated carbocycles. The summed E-state index contributed by atoms with van der Waals surface area (Å²) in [6.07, 6.45) is 3.13. The van der Waals surface area contributed by atoms with E-state index in [2.05, 4.69) is 48.2 Å². The summed E-state index contributed by atoms with van der Waals surface area (Å²) in [7, 11) is 1.78. The van der Waals surface area contributed by atoms with E-state index in [4.69, 9.17) is 0 Å². The molecule has 5 heteroatoms. The molecular weight excluding hydrogens is 336 g/mol. The number of rotatable bonds is 5. The van der Waals surface area contributed by atoms with Crippen molar-refractivity contribution in [2.24, 2.45) is 0 Å². The number of carbonyl (C=O) groups excluding carboxylic acids is 1. The van der Waals surface area contributed by atoms with Gasteiger partial charge in [-0.15, -0.1) is 0 Å². The molecular formula is C22H24N4O. The van der Waals surface area contributed by atoms with Crippen molar-refractivity contribution in [2.75, 3.05) is 12.4 Å². The minimum Gasteiger partial charge on any atom is -0.337 e. The second-order valence-corrected chi connectivity index (χ2v) is 6.84. The Morgan fingerprint density at radius 1 is 1.00 bits per heavy atom. The Kier molecular flexibility index (Phi) is 5.50. The van der Waals surface area contributed by atoms with Gasteiger partial charge in [0.05, 0.1) is 5.56 Å². The number of hydrogen-bond donors (Lipinski definition) is 1. The Morgan fingerprint density at radius 3 is 2.19 bits per heavy atom. The maximum atomic E-state index is 12.6. The number of anilines is 2. The SMILES string of the molecule is Cc1cc(C)c(Nc2ncc(C(=O)N(C)Cc3ccccc3)cn2)c(C)c1. The molecule has 0 aliphatic carbocycles. The molecule has 1 amide bonds. The first-order valence-electron chi connectivity index (χ1n) is 8.90. The summed E-state index contributed by atoms with van der Waals surface area (Å²) in [6.45, 7) is 6.73. The molecule has 0 aliphatic heterocycles. The molecule has 1 N–H and O–H groups in total. The van der Waals surface area contributed by atoms with E-state index in [1.165, 1.54) is 5.56 Å². The Bertz CT molecular complexity index is 913. The standard InChI is InChI=1S/C22H24N4O/c1-15-10-16(2)20(17(3)11-15)25-22-23-12-19(13-24-22)21(27)26(4)14-18-8-6-5-7-9-18/h5-13H,14H2,1-4H3,(H,23,24,25). The summed E-state index contributed by atoms with van der Waals surface area (Å²) < 4.78 is 0. The minimum atomic E-state index is -0.104. The first-order chi connectivity index (χ1) is 12.9. The molecule has 0 spiro atoms. The highest BCUT2D eigenvalue weighted by atomic mass is 16.2. The van der Waals surface area contributed by atoms with Gasteiger partial charge in [0.15, 0.2) is 0 Å². The monoisotopic (exact) mass is 360 g/mol. The van der Waals surface area contributed by atoms with Crippen molar-refractivity contribution < 1.29 is 4.79 Å². The van der Waals surface area contributed by atoms with Crippen LogP contribution in [-0.2, 0) is 6.54 Å². The molecule has 138 valence electrons. The van der Waals surface area contributed by atoms with E-state index in [1.807, 2.05) is 30.3 Å². The topological polar surface area (TPSA) is 58.1 Å². The van der Waals surface area contributed by atoms with Gasteiger partial charge in [0.2, 0.25) is 5.95 Å². The third-order valence-electron chi connectivity index (χ3n) is 4.42. The van der Waals surface area contributed by atoms with Crippen LogP contribution in [0.3, 0.4) is 0 Å². The van der Waals surface area contributed by atoms with Crippen molar-refractivity contribution in [3.8, 4) is 0 Å². The molecule has 2 aromatic carbocycles. The molecule has 27 heavy (non-hydrogen) atoms. The summed E-state index contributed by atoms with van der Waals surface area (Å²) in [5.41, 5.74) is 6.05. The Hall–Kier alpha value is -3.21. The molecule has 0 aliphatic rings. The average Bonchev–Trinajstić information content (AvgIpc) is 2.65. The van der Waals surface area contributed by atoms with Crippen LogP contribution in [0.4, 0.5) is 11.6 Å². The lowest BCUT2D eigenvalue weighted by Gasteiger charge is -2.17. The molecule has 3 aromatic rings. The Balaban J connectivity index is 1.71. The lowest BCUT2D eigenvalue weighted by atomic mass is 10.1. The third kappa shape index (κ3) is 4.50. The van der Waals surface area contributed by atoms with Gasteiger partial charge in [-0.25, -0.2) is 9.97 Å². The number of amides is 1. The maximum absolute atomic E-state index is 12.6. The van der Waals surface area contributed by atoms with Crippen LogP contribution in [0.2, 0.25) is 0 Å². The maximum Gasteiger partial charge on any atom is 0.257 e. The molecule has 0 bridgehead atoms. The van der Waals surface area contributed by atoms with Crippen molar-refractivity contribution in [3.63, 3.8) is 0 Å². The molecule has 1 aromatic heterocycles. The third-order valence-corrected chi connectivity index (χ3v) is 4.42. The van der Waals surface area contributed by atoms with Gasteiger partial charge in [-0.05, 0) is 37.5 Å². The van der Waals surface area contributed by atoms with Crippen molar-refractivity contribution in [3.05, 3.63) is 82.7 Å². The largest absolute Gasteiger partial charge is 0.337 e. The van der Waals surface area contributed by atoms with Gasteiger partial charge in [0, 0.05) is 31.7 Å². The summed E-state index contributed by atoms with van der Waals surface area (Å²) in [5.74, 6) is 0.375. The number of benzene rings is 2. The van der Waals surface area contributed by atoms with Crippen LogP contribution in [0.5, 0.6) is 0 Å². The first kappa shape index (κ1) is 18.6. The highest BCUT2D eigenvalue weighted by molar-refractivity contribution is 5.93. The summed E-state index contributed by atoms with van der Waals surface area (Å²) in [5, 5.41) is 3.26. The number of aromatic nitrogens is 2. The predicted octanol–water partition coefficient (Wildman–Crippen LogP) is 4.42. The van der Waals surface area contributed by atoms with E-state index in [1.54, 1.807) is 24.3 Å². The molecule has 0 atom stereocenters. The molecule has 1 heterocycles. The van der Waals surface area contributed by atoms with Crippen LogP contribution in [0.15, 0.2) is 54.9 Å². The Morgan fingerprint density at radius 2 is 1.59 bits per heavy atom. The fourth-order valence-electron chi connectivity index (χ4n) is 3.14. The average molecular weight is 360 g/mol. The van der Waals surface area contributed by atoms with Crippen LogP contribution in [0.1, 0.15) is 32.6 Å². The molecule has 5 nitrogen and oxygen atoms in total. The van der Waals surface area contributed by atoms with E-state index in [0.717, 1.165) is 22.4 Å². The lowest BCUT2D eigenvalue weighted by Crippen LogP contribution is -2.26. The molecule has 0 saturated heterocycles. The summed E-state index contributed by atoms with van der Waals surface area (Å²) in [4.78, 5) is 22.9. The van der Waals surface area contributed by atoms with Crippen molar-refractivity contribution in [2.45, 2.75) is 27.3 Å². The second kappa shape index (κ2) is 7.99. The number of aryl methyl sites for hydroxylation is 3. The van der Waals surface area contributed by atoms with Gasteiger partial charge in [0.25, 0.3) is 5.91 Å². The smallest absolute Gasteiger partial charge is 0.257 e. The van der Waals surface area contributed by atoms with Crippen LogP contribution in [-0.4, -0.2) is 27.8 Å². The first-order valence-corrected chi connectivity index (χ1v) is 8.90. The fraction of sp³-hybridized carbons (Fsp3) is 0.227. The number of carbonyl (C=O) groups is 1. The zero-order valence-electron chi connectivity index (χ0n) is 16.2. The molecule has 3 rings (SSSR count). The Labute approximate surface area is 160 Å². The molecule has 0 radical (unpaired) electrons. The quantitative estimate of drug-likeness (QED) is 0.732. The van der Waals surface area contributed by atoms with Crippen LogP contribution in [0.25, 0.3) is 0 Å². The van der Waals surface area contributed by atoms with E-state index in [0.29, 0.717) is 18.1 Å². The van der Waals surface area contributed by atoms with Crippen molar-refractivity contribution in [1.29, 1.82) is 0 Å². The fourth-order valence-corrected chi connectivity index (χ4v) is 3.14. The van der Waals surface area contributed by atoms with Crippen molar-refractivity contribution >= 4 is 17.5 Å². The second-order valence-electron chi connectivity index (χ2n) is 6.84. The van der Waals surface area contributed by atoms with E-state index in [-0.39, 0.29) is 5.91 Å². The zero-order valence-corrected chi connectivity index (χ0v) is 16.2. The van der Waals surface area contributed by atoms with Gasteiger partial charge in [0.1, 0.15) is 0 Å². The van der Waals surface area contributed by atoms with Gasteiger partial charge in [-0.3, -0.25) is 4.79 Å². The number of nitrogens with one attached hydrogen (secondary N) is 1. The van der Waals surface area contributed by atoms with E-state index >= 15 is 0 Å². The van der Waals surface area contributed by atoms with Gasteiger partial charge in [-0.2, -0.15) is 0 Å². The van der Waals surface area contributed by atoms with Gasteiger partial charge in [-0.1, -0.05) is 48.0 Å². The van der Waals surface area contributed by atoms with E-state index < -0.39 is 0 Å². The summed E-state index contributed by atoms with van der Waals surface area (Å²) >= 11 is 0. The predicted molar refractivity (Wildman–Crippen MR) is 108 cm³/mol. The number of hydrogen-bond acceptors (Lipinski definition) is 4. The number of nitrogens with zero attached hydrogens (tertiary/aromatic N) is 3. The normalized spacial score (nSPS) is 10.5. The molecule has 0 fully saturated rings. The minimum absolute atomic E-state index is 0.104. The van der Waals surface area contributed by atoms with Gasteiger partial charge < -0.3 is 10.2 Å². The molecule has 0 unspecified atom stereocenters. The van der Waals surface area contributed by atoms with Crippen LogP contribution >= 0.6 is 0 Å². The lowest BCUT2D eigenvalue weighted by molar-refractivity contribution is 0.0784. The van der Waals surface area contributed by atoms with Crippen LogP contribution in [0, 0.1) is 20.8 Å². The highest BCUT2D eigenvalue weighted by Gasteiger charge is 2.14.